The first kappa shape index (κ1) is 23.3. The Labute approximate surface area is 186 Å². The zero-order valence-corrected chi connectivity index (χ0v) is 18.3. The van der Waals surface area contributed by atoms with E-state index < -0.39 is 6.10 Å². The van der Waals surface area contributed by atoms with E-state index in [0.29, 0.717) is 41.8 Å². The van der Waals surface area contributed by atoms with E-state index >= 15 is 0 Å². The molecule has 1 aromatic carbocycles. The lowest BCUT2D eigenvalue weighted by atomic mass is 9.94. The second-order valence-corrected chi connectivity index (χ2v) is 8.63. The minimum Gasteiger partial charge on any atom is -0.394 e. The highest BCUT2D eigenvalue weighted by Crippen LogP contribution is 2.23. The number of hydrogen-bond acceptors (Lipinski definition) is 5. The first-order valence-corrected chi connectivity index (χ1v) is 11.1. The van der Waals surface area contributed by atoms with Crippen molar-refractivity contribution in [2.75, 3.05) is 26.4 Å². The van der Waals surface area contributed by atoms with Crippen molar-refractivity contribution in [3.63, 3.8) is 0 Å². The van der Waals surface area contributed by atoms with Crippen molar-refractivity contribution in [2.45, 2.75) is 50.4 Å². The van der Waals surface area contributed by atoms with Crippen LogP contribution in [-0.4, -0.2) is 61.5 Å². The average Bonchev–Trinajstić information content (AvgIpc) is 2.74. The largest absolute Gasteiger partial charge is 0.394 e. The van der Waals surface area contributed by atoms with Gasteiger partial charge in [-0.3, -0.25) is 9.59 Å². The maximum atomic E-state index is 12.5. The molecule has 0 radical (unpaired) electrons. The van der Waals surface area contributed by atoms with Crippen LogP contribution in [0.15, 0.2) is 18.2 Å². The molecule has 0 spiro atoms. The van der Waals surface area contributed by atoms with E-state index in [1.54, 1.807) is 18.2 Å². The van der Waals surface area contributed by atoms with Crippen LogP contribution in [0.1, 0.15) is 42.5 Å². The normalized spacial score (nSPS) is 25.0. The fourth-order valence-corrected chi connectivity index (χ4v) is 4.43. The minimum atomic E-state index is -0.449. The SMILES string of the molecule is O=C(NCC[C@@H]1CC[C@@H](NC(=O)C2CCOCC2)[C@@H](CO)O1)c1cc(Cl)cc(Cl)c1. The molecule has 7 nitrogen and oxygen atoms in total. The summed E-state index contributed by atoms with van der Waals surface area (Å²) in [6, 6.07) is 4.49. The molecule has 3 rings (SSSR count). The highest BCUT2D eigenvalue weighted by molar-refractivity contribution is 6.35. The summed E-state index contributed by atoms with van der Waals surface area (Å²) in [5, 5.41) is 16.4. The Kier molecular flexibility index (Phi) is 8.77. The summed E-state index contributed by atoms with van der Waals surface area (Å²) in [5.74, 6) is -0.280. The summed E-state index contributed by atoms with van der Waals surface area (Å²) < 4.78 is 11.3. The van der Waals surface area contributed by atoms with Crippen LogP contribution in [0.5, 0.6) is 0 Å². The van der Waals surface area contributed by atoms with Gasteiger partial charge in [-0.15, -0.1) is 0 Å². The highest BCUT2D eigenvalue weighted by Gasteiger charge is 2.33. The summed E-state index contributed by atoms with van der Waals surface area (Å²) in [5.41, 5.74) is 0.404. The molecule has 2 fully saturated rings. The number of aliphatic hydroxyl groups excluding tert-OH is 1. The molecular weight excluding hydrogens is 431 g/mol. The van der Waals surface area contributed by atoms with Gasteiger partial charge in [0.1, 0.15) is 6.10 Å². The molecule has 0 aromatic heterocycles. The van der Waals surface area contributed by atoms with Crippen LogP contribution in [0.25, 0.3) is 0 Å². The van der Waals surface area contributed by atoms with Gasteiger partial charge in [-0.1, -0.05) is 23.2 Å². The van der Waals surface area contributed by atoms with Crippen molar-refractivity contribution in [1.29, 1.82) is 0 Å². The lowest BCUT2D eigenvalue weighted by Crippen LogP contribution is -2.52. The van der Waals surface area contributed by atoms with E-state index in [2.05, 4.69) is 10.6 Å². The molecule has 166 valence electrons. The van der Waals surface area contributed by atoms with Gasteiger partial charge >= 0.3 is 0 Å². The molecule has 2 heterocycles. The molecule has 0 unspecified atom stereocenters. The Hall–Kier alpha value is -1.38. The fraction of sp³-hybridized carbons (Fsp3) is 0.619. The molecule has 1 aromatic rings. The first-order chi connectivity index (χ1) is 14.5. The average molecular weight is 459 g/mol. The molecule has 0 saturated carbocycles. The van der Waals surface area contributed by atoms with E-state index in [1.807, 2.05) is 0 Å². The zero-order valence-electron chi connectivity index (χ0n) is 16.7. The molecule has 0 bridgehead atoms. The number of rotatable bonds is 7. The van der Waals surface area contributed by atoms with Gasteiger partial charge in [-0.05, 0) is 50.3 Å². The van der Waals surface area contributed by atoms with Crippen molar-refractivity contribution < 1.29 is 24.2 Å². The molecule has 2 saturated heterocycles. The van der Waals surface area contributed by atoms with Gasteiger partial charge in [0, 0.05) is 41.3 Å². The van der Waals surface area contributed by atoms with Crippen LogP contribution in [0.4, 0.5) is 0 Å². The maximum absolute atomic E-state index is 12.5. The zero-order chi connectivity index (χ0) is 21.5. The Morgan fingerprint density at radius 2 is 1.77 bits per heavy atom. The highest BCUT2D eigenvalue weighted by atomic mass is 35.5. The number of halogens is 2. The number of nitrogens with one attached hydrogen (secondary N) is 2. The van der Waals surface area contributed by atoms with Gasteiger partial charge in [0.2, 0.25) is 5.91 Å². The second-order valence-electron chi connectivity index (χ2n) is 7.76. The lowest BCUT2D eigenvalue weighted by Gasteiger charge is -2.37. The first-order valence-electron chi connectivity index (χ1n) is 10.3. The quantitative estimate of drug-likeness (QED) is 0.583. The smallest absolute Gasteiger partial charge is 0.251 e. The fourth-order valence-electron chi connectivity index (χ4n) is 3.90. The third-order valence-corrected chi connectivity index (χ3v) is 6.03. The van der Waals surface area contributed by atoms with Crippen molar-refractivity contribution >= 4 is 35.0 Å². The minimum absolute atomic E-state index is 0.0104. The Balaban J connectivity index is 1.43. The summed E-state index contributed by atoms with van der Waals surface area (Å²) in [6.45, 7) is 1.48. The molecule has 30 heavy (non-hydrogen) atoms. The van der Waals surface area contributed by atoms with Gasteiger partial charge in [-0.2, -0.15) is 0 Å². The molecule has 3 N–H and O–H groups in total. The second kappa shape index (κ2) is 11.3. The van der Waals surface area contributed by atoms with E-state index in [4.69, 9.17) is 32.7 Å². The van der Waals surface area contributed by atoms with Gasteiger partial charge < -0.3 is 25.2 Å². The van der Waals surface area contributed by atoms with Crippen LogP contribution in [0.3, 0.4) is 0 Å². The number of amides is 2. The number of carbonyl (C=O) groups is 2. The summed E-state index contributed by atoms with van der Waals surface area (Å²) in [6.07, 6.45) is 2.98. The molecule has 3 atom stereocenters. The van der Waals surface area contributed by atoms with Crippen LogP contribution in [-0.2, 0) is 14.3 Å². The third-order valence-electron chi connectivity index (χ3n) is 5.59. The van der Waals surface area contributed by atoms with Crippen LogP contribution in [0, 0.1) is 5.92 Å². The molecule has 2 amide bonds. The van der Waals surface area contributed by atoms with Crippen LogP contribution >= 0.6 is 23.2 Å². The third kappa shape index (κ3) is 6.56. The molecule has 2 aliphatic rings. The van der Waals surface area contributed by atoms with Crippen molar-refractivity contribution in [2.24, 2.45) is 5.92 Å². The van der Waals surface area contributed by atoms with Gasteiger partial charge in [0.15, 0.2) is 0 Å². The molecule has 0 aliphatic carbocycles. The van der Waals surface area contributed by atoms with Crippen LogP contribution in [0.2, 0.25) is 10.0 Å². The van der Waals surface area contributed by atoms with Crippen molar-refractivity contribution in [3.05, 3.63) is 33.8 Å². The van der Waals surface area contributed by atoms with Gasteiger partial charge in [0.25, 0.3) is 5.91 Å². The monoisotopic (exact) mass is 458 g/mol. The number of carbonyl (C=O) groups excluding carboxylic acids is 2. The number of benzene rings is 1. The predicted molar refractivity (Wildman–Crippen MR) is 114 cm³/mol. The van der Waals surface area contributed by atoms with E-state index in [1.165, 1.54) is 0 Å². The Morgan fingerprint density at radius 3 is 2.43 bits per heavy atom. The topological polar surface area (TPSA) is 96.9 Å². The maximum Gasteiger partial charge on any atom is 0.251 e. The van der Waals surface area contributed by atoms with E-state index in [9.17, 15) is 14.7 Å². The van der Waals surface area contributed by atoms with E-state index in [0.717, 1.165) is 25.7 Å². The van der Waals surface area contributed by atoms with Crippen molar-refractivity contribution in [1.82, 2.24) is 10.6 Å². The molecule has 2 aliphatic heterocycles. The lowest BCUT2D eigenvalue weighted by molar-refractivity contribution is -0.134. The number of aliphatic hydroxyl groups is 1. The van der Waals surface area contributed by atoms with Gasteiger partial charge in [-0.25, -0.2) is 0 Å². The van der Waals surface area contributed by atoms with Crippen LogP contribution < -0.4 is 10.6 Å². The summed E-state index contributed by atoms with van der Waals surface area (Å²) in [4.78, 5) is 24.7. The summed E-state index contributed by atoms with van der Waals surface area (Å²) >= 11 is 11.9. The number of ether oxygens (including phenoxy) is 2. The standard InChI is InChI=1S/C21H28Cl2N2O5/c22-15-9-14(10-16(23)11-15)20(27)24-6-3-17-1-2-18(19(12-26)30-17)25-21(28)13-4-7-29-8-5-13/h9-11,13,17-19,26H,1-8,12H2,(H,24,27)(H,25,28)/t17-,18+,19+/m0/s1. The van der Waals surface area contributed by atoms with Gasteiger partial charge in [0.05, 0.1) is 18.8 Å². The molecular formula is C21H28Cl2N2O5. The Morgan fingerprint density at radius 1 is 1.07 bits per heavy atom. The Bertz CT molecular complexity index is 722. The summed E-state index contributed by atoms with van der Waals surface area (Å²) in [7, 11) is 0. The van der Waals surface area contributed by atoms with Crippen molar-refractivity contribution in [3.8, 4) is 0 Å². The number of hydrogen-bond donors (Lipinski definition) is 3. The molecule has 9 heteroatoms. The predicted octanol–water partition coefficient (Wildman–Crippen LogP) is 2.56. The van der Waals surface area contributed by atoms with E-state index in [-0.39, 0.29) is 36.5 Å².